The third-order valence-corrected chi connectivity index (χ3v) is 6.17. The Labute approximate surface area is 196 Å². The van der Waals surface area contributed by atoms with Crippen molar-refractivity contribution < 1.29 is 4.79 Å². The van der Waals surface area contributed by atoms with Gasteiger partial charge in [-0.3, -0.25) is 9.80 Å². The molecule has 0 bridgehead atoms. The molecule has 0 spiro atoms. The first kappa shape index (κ1) is 22.4. The highest BCUT2D eigenvalue weighted by molar-refractivity contribution is 14.1. The molecule has 0 saturated heterocycles. The molecule has 0 radical (unpaired) electrons. The second-order valence-corrected chi connectivity index (χ2v) is 9.75. The maximum Gasteiger partial charge on any atom is 0.270 e. The van der Waals surface area contributed by atoms with Gasteiger partial charge in [0.1, 0.15) is 5.71 Å². The van der Waals surface area contributed by atoms with Crippen LogP contribution in [0.4, 0.5) is 5.69 Å². The Kier molecular flexibility index (Phi) is 7.12. The average Bonchev–Trinajstić information content (AvgIpc) is 3.06. The Morgan fingerprint density at radius 3 is 2.28 bits per heavy atom. The lowest BCUT2D eigenvalue weighted by molar-refractivity contribution is -0.127. The number of hydrogen-bond acceptors (Lipinski definition) is 3. The first-order valence-corrected chi connectivity index (χ1v) is 11.4. The minimum atomic E-state index is -0.106. The van der Waals surface area contributed by atoms with Gasteiger partial charge in [-0.15, -0.1) is 0 Å². The van der Waals surface area contributed by atoms with Gasteiger partial charge < -0.3 is 4.90 Å². The van der Waals surface area contributed by atoms with Gasteiger partial charge in [0, 0.05) is 27.1 Å². The topological polar surface area (TPSA) is 35.9 Å². The van der Waals surface area contributed by atoms with Gasteiger partial charge in [0.15, 0.2) is 0 Å². The van der Waals surface area contributed by atoms with Gasteiger partial charge in [-0.05, 0) is 86.2 Å². The molecule has 1 aliphatic rings. The molecule has 7 heteroatoms. The van der Waals surface area contributed by atoms with Crippen LogP contribution in [0.5, 0.6) is 0 Å². The quantitative estimate of drug-likeness (QED) is 0.401. The molecule has 4 nitrogen and oxygen atoms in total. The maximum absolute atomic E-state index is 13.3. The summed E-state index contributed by atoms with van der Waals surface area (Å²) in [4.78, 5) is 15.2. The van der Waals surface area contributed by atoms with Crippen LogP contribution in [0, 0.1) is 3.57 Å². The number of hydrogen-bond donors (Lipinski definition) is 0. The molecule has 0 aliphatic carbocycles. The van der Waals surface area contributed by atoms with Gasteiger partial charge in [-0.25, -0.2) is 0 Å². The van der Waals surface area contributed by atoms with Crippen molar-refractivity contribution in [2.75, 3.05) is 5.01 Å². The van der Waals surface area contributed by atoms with Gasteiger partial charge in [0.25, 0.3) is 5.91 Å². The third kappa shape index (κ3) is 4.89. The summed E-state index contributed by atoms with van der Waals surface area (Å²) in [6.07, 6.45) is 0.522. The van der Waals surface area contributed by atoms with E-state index >= 15 is 0 Å². The minimum absolute atomic E-state index is 0.0295. The van der Waals surface area contributed by atoms with E-state index in [2.05, 4.69) is 46.9 Å². The number of halogens is 3. The number of rotatable bonds is 5. The molecule has 0 aromatic heterocycles. The largest absolute Gasteiger partial charge is 0.333 e. The molecule has 1 aliphatic heterocycles. The van der Waals surface area contributed by atoms with E-state index in [1.807, 2.05) is 43.7 Å². The molecule has 0 fully saturated rings. The van der Waals surface area contributed by atoms with Crippen LogP contribution in [0.3, 0.4) is 0 Å². The van der Waals surface area contributed by atoms with E-state index in [0.29, 0.717) is 22.2 Å². The Hall–Kier alpha value is -1.31. The second-order valence-electron chi connectivity index (χ2n) is 7.66. The molecule has 2 aromatic rings. The number of amides is 1. The normalized spacial score (nSPS) is 16.5. The fourth-order valence-electron chi connectivity index (χ4n) is 3.69. The molecule has 0 saturated carbocycles. The van der Waals surface area contributed by atoms with Gasteiger partial charge >= 0.3 is 0 Å². The predicted molar refractivity (Wildman–Crippen MR) is 130 cm³/mol. The van der Waals surface area contributed by atoms with Crippen LogP contribution in [-0.2, 0) is 4.79 Å². The summed E-state index contributed by atoms with van der Waals surface area (Å²) in [5.41, 5.74) is 2.37. The number of hydrazone groups is 1. The zero-order valence-corrected chi connectivity index (χ0v) is 20.5. The number of anilines is 1. The molecule has 29 heavy (non-hydrogen) atoms. The summed E-state index contributed by atoms with van der Waals surface area (Å²) in [7, 11) is 0. The Morgan fingerprint density at radius 1 is 1.10 bits per heavy atom. The maximum atomic E-state index is 13.3. The molecular formula is C22H24Cl2IN3O. The van der Waals surface area contributed by atoms with Crippen molar-refractivity contribution in [2.24, 2.45) is 5.10 Å². The number of benzene rings is 2. The number of carbonyl (C=O) groups excluding carboxylic acids is 1. The van der Waals surface area contributed by atoms with E-state index < -0.39 is 0 Å². The second kappa shape index (κ2) is 9.23. The molecule has 2 aromatic carbocycles. The predicted octanol–water partition coefficient (Wildman–Crippen LogP) is 6.55. The summed E-state index contributed by atoms with van der Waals surface area (Å²) < 4.78 is 1.16. The van der Waals surface area contributed by atoms with Crippen molar-refractivity contribution in [1.29, 1.82) is 0 Å². The van der Waals surface area contributed by atoms with E-state index in [1.165, 1.54) is 0 Å². The van der Waals surface area contributed by atoms with Crippen molar-refractivity contribution in [3.05, 3.63) is 61.6 Å². The molecule has 3 rings (SSSR count). The molecular weight excluding hydrogens is 520 g/mol. The van der Waals surface area contributed by atoms with Crippen molar-refractivity contribution in [3.8, 4) is 0 Å². The zero-order valence-electron chi connectivity index (χ0n) is 16.9. The first-order valence-electron chi connectivity index (χ1n) is 9.59. The smallest absolute Gasteiger partial charge is 0.270 e. The molecule has 1 unspecified atom stereocenters. The van der Waals surface area contributed by atoms with E-state index in [4.69, 9.17) is 28.3 Å². The fraction of sp³-hybridized carbons (Fsp3) is 0.364. The van der Waals surface area contributed by atoms with E-state index in [9.17, 15) is 4.79 Å². The summed E-state index contributed by atoms with van der Waals surface area (Å²) >= 11 is 14.9. The molecule has 0 N–H and O–H groups in total. The lowest BCUT2D eigenvalue weighted by Gasteiger charge is -2.30. The van der Waals surface area contributed by atoms with Crippen LogP contribution in [0.2, 0.25) is 10.0 Å². The highest BCUT2D eigenvalue weighted by Gasteiger charge is 2.36. The first-order chi connectivity index (χ1) is 13.7. The van der Waals surface area contributed by atoms with Crippen molar-refractivity contribution in [1.82, 2.24) is 4.90 Å². The van der Waals surface area contributed by atoms with Crippen molar-refractivity contribution in [3.63, 3.8) is 0 Å². The van der Waals surface area contributed by atoms with Crippen LogP contribution in [-0.4, -0.2) is 28.6 Å². The SMILES string of the molecule is CC(C)N(C(=O)C1=NN(c2ccc(Cl)cc2Cl)C(c2ccc(I)cc2)C1)C(C)C. The van der Waals surface area contributed by atoms with Gasteiger partial charge in [0.2, 0.25) is 0 Å². The van der Waals surface area contributed by atoms with Crippen LogP contribution in [0.1, 0.15) is 45.7 Å². The van der Waals surface area contributed by atoms with E-state index in [-0.39, 0.29) is 24.0 Å². The summed E-state index contributed by atoms with van der Waals surface area (Å²) in [6.45, 7) is 8.10. The summed E-state index contributed by atoms with van der Waals surface area (Å²) in [5, 5.41) is 7.67. The van der Waals surface area contributed by atoms with Crippen LogP contribution >= 0.6 is 45.8 Å². The lowest BCUT2D eigenvalue weighted by Crippen LogP contribution is -2.45. The third-order valence-electron chi connectivity index (χ3n) is 4.92. The minimum Gasteiger partial charge on any atom is -0.333 e. The van der Waals surface area contributed by atoms with Crippen molar-refractivity contribution in [2.45, 2.75) is 52.2 Å². The average molecular weight is 544 g/mol. The molecule has 1 amide bonds. The number of nitrogens with zero attached hydrogens (tertiary/aromatic N) is 3. The highest BCUT2D eigenvalue weighted by Crippen LogP contribution is 2.40. The van der Waals surface area contributed by atoms with Crippen molar-refractivity contribution >= 4 is 63.1 Å². The Bertz CT molecular complexity index is 920. The molecule has 154 valence electrons. The Balaban J connectivity index is 2.03. The van der Waals surface area contributed by atoms with Crippen LogP contribution in [0.15, 0.2) is 47.6 Å². The van der Waals surface area contributed by atoms with Gasteiger partial charge in [-0.2, -0.15) is 5.10 Å². The number of carbonyl (C=O) groups is 1. The standard InChI is InChI=1S/C22H24Cl2IN3O/c1-13(2)27(14(3)4)22(29)19-12-21(15-5-8-17(25)9-6-15)28(26-19)20-10-7-16(23)11-18(20)24/h5-11,13-14,21H,12H2,1-4H3. The molecule has 1 heterocycles. The lowest BCUT2D eigenvalue weighted by atomic mass is 10.0. The van der Waals surface area contributed by atoms with E-state index in [0.717, 1.165) is 14.8 Å². The molecule has 1 atom stereocenters. The summed E-state index contributed by atoms with van der Waals surface area (Å²) in [6, 6.07) is 13.7. The fourth-order valence-corrected chi connectivity index (χ4v) is 4.54. The monoisotopic (exact) mass is 543 g/mol. The zero-order chi connectivity index (χ0) is 21.3. The van der Waals surface area contributed by atoms with Crippen LogP contribution < -0.4 is 5.01 Å². The van der Waals surface area contributed by atoms with Gasteiger partial charge in [0.05, 0.1) is 16.8 Å². The van der Waals surface area contributed by atoms with Crippen LogP contribution in [0.25, 0.3) is 0 Å². The van der Waals surface area contributed by atoms with Gasteiger partial charge in [-0.1, -0.05) is 35.3 Å². The van der Waals surface area contributed by atoms with E-state index in [1.54, 1.807) is 12.1 Å². The Morgan fingerprint density at radius 2 is 1.72 bits per heavy atom. The highest BCUT2D eigenvalue weighted by atomic mass is 127. The summed E-state index contributed by atoms with van der Waals surface area (Å²) in [5.74, 6) is -0.0295.